The van der Waals surface area contributed by atoms with Crippen LogP contribution in [0.3, 0.4) is 0 Å². The molecule has 0 N–H and O–H groups in total. The van der Waals surface area contributed by atoms with E-state index in [0.717, 1.165) is 0 Å². The molecule has 0 unspecified atom stereocenters. The van der Waals surface area contributed by atoms with E-state index in [1.165, 1.54) is 0 Å². The Labute approximate surface area is 73.5 Å². The molecule has 1 aromatic rings. The molecule has 1 aromatic heterocycles. The minimum absolute atomic E-state index is 0.427. The van der Waals surface area contributed by atoms with Crippen molar-refractivity contribution in [2.24, 2.45) is 0 Å². The fourth-order valence-electron chi connectivity index (χ4n) is 0.631. The monoisotopic (exact) mass is 243 g/mol. The largest absolute Gasteiger partial charge is 0.281 e. The maximum atomic E-state index is 12.5. The first kappa shape index (κ1) is 9.44. The van der Waals surface area contributed by atoms with Gasteiger partial charge >= 0.3 is 0 Å². The zero-order chi connectivity index (χ0) is 9.30. The molecule has 0 spiro atoms. The van der Waals surface area contributed by atoms with E-state index >= 15 is 0 Å². The summed E-state index contributed by atoms with van der Waals surface area (Å²) in [4.78, 5) is 2.83. The van der Waals surface area contributed by atoms with E-state index in [9.17, 15) is 17.6 Å². The second-order valence-corrected chi connectivity index (χ2v) is 2.72. The summed E-state index contributed by atoms with van der Waals surface area (Å²) in [5.41, 5.74) is -0.924. The molecular formula is C6H2BrF4N. The third kappa shape index (κ3) is 1.74. The van der Waals surface area contributed by atoms with Gasteiger partial charge in [-0.05, 0) is 15.9 Å². The van der Waals surface area contributed by atoms with Gasteiger partial charge < -0.3 is 0 Å². The smallest absolute Gasteiger partial charge is 0.217 e. The number of nitrogens with zero attached hydrogens (tertiary/aromatic N) is 1. The van der Waals surface area contributed by atoms with Crippen molar-refractivity contribution in [1.29, 1.82) is 0 Å². The van der Waals surface area contributed by atoms with Gasteiger partial charge in [0.05, 0.1) is 4.47 Å². The summed E-state index contributed by atoms with van der Waals surface area (Å²) in [6.07, 6.45) is -3.00. The van der Waals surface area contributed by atoms with E-state index in [1.54, 1.807) is 0 Å². The van der Waals surface area contributed by atoms with Crippen LogP contribution in [-0.4, -0.2) is 4.98 Å². The molecule has 0 aliphatic carbocycles. The Hall–Kier alpha value is -0.650. The van der Waals surface area contributed by atoms with Gasteiger partial charge in [-0.1, -0.05) is 0 Å². The standard InChI is InChI=1S/C6H2BrF4N/c7-4-2(8)1-3(9)12-5(4)6(10)11/h1,6H. The van der Waals surface area contributed by atoms with Crippen molar-refractivity contribution in [3.63, 3.8) is 0 Å². The number of pyridine rings is 1. The second-order valence-electron chi connectivity index (χ2n) is 1.93. The Kier molecular flexibility index (Phi) is 2.66. The van der Waals surface area contributed by atoms with E-state index in [-0.39, 0.29) is 0 Å². The first-order valence-corrected chi connectivity index (χ1v) is 3.61. The maximum absolute atomic E-state index is 12.5. The van der Waals surface area contributed by atoms with Crippen molar-refractivity contribution < 1.29 is 17.6 Å². The van der Waals surface area contributed by atoms with Crippen molar-refractivity contribution in [3.8, 4) is 0 Å². The number of hydrogen-bond acceptors (Lipinski definition) is 1. The fraction of sp³-hybridized carbons (Fsp3) is 0.167. The molecule has 1 nitrogen and oxygen atoms in total. The molecule has 1 heterocycles. The van der Waals surface area contributed by atoms with Gasteiger partial charge in [-0.15, -0.1) is 0 Å². The van der Waals surface area contributed by atoms with E-state index in [0.29, 0.717) is 6.07 Å². The summed E-state index contributed by atoms with van der Waals surface area (Å²) in [5.74, 6) is -2.34. The summed E-state index contributed by atoms with van der Waals surface area (Å²) in [6.45, 7) is 0. The summed E-state index contributed by atoms with van der Waals surface area (Å²) < 4.78 is 48.2. The van der Waals surface area contributed by atoms with Crippen molar-refractivity contribution in [1.82, 2.24) is 4.98 Å². The number of halogens is 5. The Bertz CT molecular complexity index is 302. The molecular weight excluding hydrogens is 242 g/mol. The fourth-order valence-corrected chi connectivity index (χ4v) is 1.01. The highest BCUT2D eigenvalue weighted by molar-refractivity contribution is 9.10. The molecule has 0 saturated heterocycles. The van der Waals surface area contributed by atoms with Gasteiger partial charge in [0.1, 0.15) is 11.5 Å². The minimum atomic E-state index is -3.00. The molecule has 0 fully saturated rings. The van der Waals surface area contributed by atoms with Gasteiger partial charge in [-0.3, -0.25) is 0 Å². The number of aromatic nitrogens is 1. The topological polar surface area (TPSA) is 12.9 Å². The zero-order valence-electron chi connectivity index (χ0n) is 5.49. The lowest BCUT2D eigenvalue weighted by atomic mass is 10.3. The van der Waals surface area contributed by atoms with Gasteiger partial charge in [-0.2, -0.15) is 4.39 Å². The predicted octanol–water partition coefficient (Wildman–Crippen LogP) is 3.06. The highest BCUT2D eigenvalue weighted by Gasteiger charge is 2.18. The van der Waals surface area contributed by atoms with Crippen molar-refractivity contribution >= 4 is 15.9 Å². The third-order valence-corrected chi connectivity index (χ3v) is 1.90. The molecule has 66 valence electrons. The first-order valence-electron chi connectivity index (χ1n) is 2.82. The Balaban J connectivity index is 3.28. The minimum Gasteiger partial charge on any atom is -0.217 e. The van der Waals surface area contributed by atoms with Gasteiger partial charge in [0.15, 0.2) is 0 Å². The predicted molar refractivity (Wildman–Crippen MR) is 36.8 cm³/mol. The average molecular weight is 244 g/mol. The first-order chi connectivity index (χ1) is 5.52. The van der Waals surface area contributed by atoms with Crippen LogP contribution in [0.25, 0.3) is 0 Å². The molecule has 1 rings (SSSR count). The summed E-state index contributed by atoms with van der Waals surface area (Å²) >= 11 is 2.53. The third-order valence-electron chi connectivity index (χ3n) is 1.11. The van der Waals surface area contributed by atoms with Crippen LogP contribution in [0.5, 0.6) is 0 Å². The van der Waals surface area contributed by atoms with E-state index in [1.807, 2.05) is 0 Å². The van der Waals surface area contributed by atoms with E-state index in [4.69, 9.17) is 0 Å². The molecule has 0 aliphatic rings. The van der Waals surface area contributed by atoms with E-state index in [2.05, 4.69) is 20.9 Å². The van der Waals surface area contributed by atoms with Crippen LogP contribution in [0.15, 0.2) is 10.5 Å². The van der Waals surface area contributed by atoms with Gasteiger partial charge in [-0.25, -0.2) is 18.2 Å². The zero-order valence-corrected chi connectivity index (χ0v) is 7.08. The van der Waals surface area contributed by atoms with Crippen LogP contribution < -0.4 is 0 Å². The van der Waals surface area contributed by atoms with Crippen molar-refractivity contribution in [3.05, 3.63) is 28.0 Å². The lowest BCUT2D eigenvalue weighted by Crippen LogP contribution is -1.97. The van der Waals surface area contributed by atoms with Crippen LogP contribution in [0.1, 0.15) is 12.1 Å². The van der Waals surface area contributed by atoms with Gasteiger partial charge in [0.25, 0.3) is 6.43 Å². The normalized spacial score (nSPS) is 10.8. The molecule has 0 bridgehead atoms. The Morgan fingerprint density at radius 1 is 1.33 bits per heavy atom. The van der Waals surface area contributed by atoms with Crippen molar-refractivity contribution in [2.45, 2.75) is 6.43 Å². The van der Waals surface area contributed by atoms with E-state index < -0.39 is 28.4 Å². The van der Waals surface area contributed by atoms with Crippen LogP contribution in [0.4, 0.5) is 17.6 Å². The highest BCUT2D eigenvalue weighted by atomic mass is 79.9. The molecule has 0 saturated carbocycles. The van der Waals surface area contributed by atoms with Crippen LogP contribution in [-0.2, 0) is 0 Å². The van der Waals surface area contributed by atoms with Crippen molar-refractivity contribution in [2.75, 3.05) is 0 Å². The lowest BCUT2D eigenvalue weighted by molar-refractivity contribution is 0.143. The van der Waals surface area contributed by atoms with Gasteiger partial charge in [0.2, 0.25) is 5.95 Å². The molecule has 0 amide bonds. The number of alkyl halides is 2. The van der Waals surface area contributed by atoms with Gasteiger partial charge in [0, 0.05) is 6.07 Å². The summed E-state index contributed by atoms with van der Waals surface area (Å²) in [7, 11) is 0. The number of rotatable bonds is 1. The van der Waals surface area contributed by atoms with Crippen LogP contribution in [0.2, 0.25) is 0 Å². The summed E-state index contributed by atoms with van der Waals surface area (Å²) in [6, 6.07) is 0.427. The second kappa shape index (κ2) is 3.38. The quantitative estimate of drug-likeness (QED) is 0.546. The molecule has 0 aromatic carbocycles. The molecule has 0 radical (unpaired) electrons. The maximum Gasteiger partial charge on any atom is 0.281 e. The lowest BCUT2D eigenvalue weighted by Gasteiger charge is -2.02. The average Bonchev–Trinajstić information content (AvgIpc) is 1.96. The molecule has 6 heteroatoms. The summed E-state index contributed by atoms with van der Waals surface area (Å²) in [5, 5.41) is 0. The van der Waals surface area contributed by atoms with Crippen LogP contribution >= 0.6 is 15.9 Å². The SMILES string of the molecule is Fc1cc(F)c(Br)c(C(F)F)n1. The molecule has 12 heavy (non-hydrogen) atoms. The molecule has 0 atom stereocenters. The highest BCUT2D eigenvalue weighted by Crippen LogP contribution is 2.27. The molecule has 0 aliphatic heterocycles. The Morgan fingerprint density at radius 3 is 2.42 bits per heavy atom. The van der Waals surface area contributed by atoms with Crippen LogP contribution in [0, 0.1) is 11.8 Å². The Morgan fingerprint density at radius 2 is 1.92 bits per heavy atom. The number of hydrogen-bond donors (Lipinski definition) is 0.